The van der Waals surface area contributed by atoms with Crippen molar-refractivity contribution in [2.45, 2.75) is 34.2 Å². The van der Waals surface area contributed by atoms with Crippen molar-refractivity contribution < 1.29 is 4.79 Å². The third kappa shape index (κ3) is 2.84. The van der Waals surface area contributed by atoms with Gasteiger partial charge >= 0.3 is 0 Å². The van der Waals surface area contributed by atoms with Gasteiger partial charge in [-0.15, -0.1) is 5.10 Å². The minimum Gasteiger partial charge on any atom is -0.350 e. The summed E-state index contributed by atoms with van der Waals surface area (Å²) in [7, 11) is 0. The maximum absolute atomic E-state index is 12.5. The number of aromatic nitrogens is 4. The molecule has 0 atom stereocenters. The van der Waals surface area contributed by atoms with Gasteiger partial charge in [-0.2, -0.15) is 0 Å². The lowest BCUT2D eigenvalue weighted by atomic mass is 10.0. The zero-order chi connectivity index (χ0) is 16.6. The highest BCUT2D eigenvalue weighted by molar-refractivity contribution is 6.02. The summed E-state index contributed by atoms with van der Waals surface area (Å²) in [6, 6.07) is 4.16. The molecule has 0 spiro atoms. The van der Waals surface area contributed by atoms with E-state index in [0.717, 1.165) is 27.7 Å². The third-order valence-corrected chi connectivity index (χ3v) is 4.13. The molecule has 0 bridgehead atoms. The molecule has 2 N–H and O–H groups in total. The number of aromatic amines is 1. The average Bonchev–Trinajstić information content (AvgIpc) is 3.07. The van der Waals surface area contributed by atoms with Crippen molar-refractivity contribution in [2.75, 3.05) is 6.54 Å². The van der Waals surface area contributed by atoms with Gasteiger partial charge in [0.15, 0.2) is 0 Å². The fraction of sp³-hybridized carbons (Fsp3) is 0.353. The summed E-state index contributed by atoms with van der Waals surface area (Å²) in [5, 5.41) is 12.0. The lowest BCUT2D eigenvalue weighted by Gasteiger charge is -2.04. The highest BCUT2D eigenvalue weighted by Crippen LogP contribution is 2.27. The highest BCUT2D eigenvalue weighted by Gasteiger charge is 2.16. The van der Waals surface area contributed by atoms with Crippen molar-refractivity contribution in [3.8, 4) is 0 Å². The first-order valence-electron chi connectivity index (χ1n) is 7.71. The number of rotatable bonds is 4. The Bertz CT molecular complexity index is 875. The zero-order valence-corrected chi connectivity index (χ0v) is 13.9. The number of carbonyl (C=O) groups is 1. The Morgan fingerprint density at radius 2 is 1.96 bits per heavy atom. The first kappa shape index (κ1) is 15.3. The molecule has 1 amide bonds. The summed E-state index contributed by atoms with van der Waals surface area (Å²) in [6.07, 6.45) is 1.85. The van der Waals surface area contributed by atoms with Crippen molar-refractivity contribution in [1.82, 2.24) is 25.3 Å². The van der Waals surface area contributed by atoms with Gasteiger partial charge in [-0.3, -0.25) is 9.48 Å². The van der Waals surface area contributed by atoms with Crippen molar-refractivity contribution >= 4 is 16.8 Å². The predicted octanol–water partition coefficient (Wildman–Crippen LogP) is 2.42. The topological polar surface area (TPSA) is 75.6 Å². The first-order chi connectivity index (χ1) is 11.0. The van der Waals surface area contributed by atoms with E-state index in [-0.39, 0.29) is 5.91 Å². The third-order valence-electron chi connectivity index (χ3n) is 4.13. The molecule has 6 nitrogen and oxygen atoms in total. The fourth-order valence-corrected chi connectivity index (χ4v) is 2.90. The average molecular weight is 311 g/mol. The molecule has 1 aromatic carbocycles. The molecule has 0 aliphatic rings. The number of carbonyl (C=O) groups excluding carboxylic acids is 1. The second-order valence-corrected chi connectivity index (χ2v) is 5.95. The van der Waals surface area contributed by atoms with Crippen LogP contribution in [0.4, 0.5) is 0 Å². The molecule has 120 valence electrons. The van der Waals surface area contributed by atoms with Crippen LogP contribution in [0.1, 0.15) is 32.9 Å². The Morgan fingerprint density at radius 3 is 2.61 bits per heavy atom. The minimum absolute atomic E-state index is 0.0886. The number of H-pyrrole nitrogens is 1. The summed E-state index contributed by atoms with van der Waals surface area (Å²) >= 11 is 0. The number of amides is 1. The maximum atomic E-state index is 12.5. The van der Waals surface area contributed by atoms with Gasteiger partial charge in [-0.25, -0.2) is 0 Å². The Kier molecular flexibility index (Phi) is 3.90. The van der Waals surface area contributed by atoms with E-state index in [9.17, 15) is 4.79 Å². The molecule has 2 heterocycles. The van der Waals surface area contributed by atoms with Crippen LogP contribution >= 0.6 is 0 Å². The van der Waals surface area contributed by atoms with Crippen LogP contribution < -0.4 is 5.32 Å². The summed E-state index contributed by atoms with van der Waals surface area (Å²) in [5.41, 5.74) is 5.86. The molecule has 0 radical (unpaired) electrons. The van der Waals surface area contributed by atoms with Crippen LogP contribution in [0.15, 0.2) is 18.3 Å². The number of nitrogens with zero attached hydrogens (tertiary/aromatic N) is 3. The Hall–Kier alpha value is -2.63. The lowest BCUT2D eigenvalue weighted by Crippen LogP contribution is -2.28. The molecule has 3 aromatic rings. The molecular formula is C17H21N5O. The number of hydrogen-bond donors (Lipinski definition) is 2. The first-order valence-corrected chi connectivity index (χ1v) is 7.71. The van der Waals surface area contributed by atoms with Crippen molar-refractivity contribution in [2.24, 2.45) is 0 Å². The quantitative estimate of drug-likeness (QED) is 0.777. The van der Waals surface area contributed by atoms with Crippen molar-refractivity contribution in [3.63, 3.8) is 0 Å². The van der Waals surface area contributed by atoms with Crippen LogP contribution in [0, 0.1) is 27.7 Å². The van der Waals surface area contributed by atoms with Gasteiger partial charge in [0.1, 0.15) is 5.69 Å². The molecule has 0 fully saturated rings. The Labute approximate surface area is 134 Å². The summed E-state index contributed by atoms with van der Waals surface area (Å²) in [5.74, 6) is -0.0886. The monoisotopic (exact) mass is 311 g/mol. The molecule has 0 aliphatic carbocycles. The van der Waals surface area contributed by atoms with Gasteiger partial charge in [0.2, 0.25) is 0 Å². The van der Waals surface area contributed by atoms with E-state index in [1.807, 2.05) is 27.0 Å². The van der Waals surface area contributed by atoms with E-state index in [4.69, 9.17) is 0 Å². The number of aryl methyl sites for hydroxylation is 4. The summed E-state index contributed by atoms with van der Waals surface area (Å²) in [6.45, 7) is 9.10. The van der Waals surface area contributed by atoms with Gasteiger partial charge in [0, 0.05) is 23.6 Å². The van der Waals surface area contributed by atoms with E-state index in [1.165, 1.54) is 5.56 Å². The smallest absolute Gasteiger partial charge is 0.268 e. The van der Waals surface area contributed by atoms with Gasteiger partial charge in [0.25, 0.3) is 5.91 Å². The van der Waals surface area contributed by atoms with Gasteiger partial charge < -0.3 is 10.3 Å². The maximum Gasteiger partial charge on any atom is 0.268 e. The number of fused-ring (bicyclic) bond motifs is 1. The number of benzene rings is 1. The largest absolute Gasteiger partial charge is 0.350 e. The number of hydrogen-bond acceptors (Lipinski definition) is 3. The van der Waals surface area contributed by atoms with Crippen LogP contribution in [0.25, 0.3) is 10.9 Å². The van der Waals surface area contributed by atoms with Crippen LogP contribution in [0.2, 0.25) is 0 Å². The molecule has 23 heavy (non-hydrogen) atoms. The minimum atomic E-state index is -0.0886. The van der Waals surface area contributed by atoms with Crippen molar-refractivity contribution in [3.05, 3.63) is 46.4 Å². The lowest BCUT2D eigenvalue weighted by molar-refractivity contribution is 0.0947. The molecule has 0 saturated heterocycles. The normalized spacial score (nSPS) is 11.1. The summed E-state index contributed by atoms with van der Waals surface area (Å²) in [4.78, 5) is 15.7. The fourth-order valence-electron chi connectivity index (χ4n) is 2.90. The summed E-state index contributed by atoms with van der Waals surface area (Å²) < 4.78 is 1.72. The van der Waals surface area contributed by atoms with Gasteiger partial charge in [0.05, 0.1) is 12.2 Å². The molecule has 6 heteroatoms. The van der Waals surface area contributed by atoms with E-state index in [1.54, 1.807) is 4.68 Å². The Morgan fingerprint density at radius 1 is 1.22 bits per heavy atom. The van der Waals surface area contributed by atoms with E-state index >= 15 is 0 Å². The standard InChI is InChI=1S/C17H21N5O/c1-10-5-6-11(2)15-14(10)13(4)16(19-15)17(23)18-7-8-22-9-12(3)20-21-22/h5-6,9,19H,7-8H2,1-4H3,(H,18,23). The molecule has 0 saturated carbocycles. The second kappa shape index (κ2) is 5.87. The van der Waals surface area contributed by atoms with Crippen LogP contribution in [-0.4, -0.2) is 32.4 Å². The number of nitrogens with one attached hydrogen (secondary N) is 2. The van der Waals surface area contributed by atoms with Crippen LogP contribution in [0.5, 0.6) is 0 Å². The highest BCUT2D eigenvalue weighted by atomic mass is 16.1. The Balaban J connectivity index is 1.77. The second-order valence-electron chi connectivity index (χ2n) is 5.95. The zero-order valence-electron chi connectivity index (χ0n) is 13.9. The SMILES string of the molecule is Cc1cn(CCNC(=O)c2[nH]c3c(C)ccc(C)c3c2C)nn1. The van der Waals surface area contributed by atoms with Crippen LogP contribution in [0.3, 0.4) is 0 Å². The van der Waals surface area contributed by atoms with Crippen molar-refractivity contribution in [1.29, 1.82) is 0 Å². The molecular weight excluding hydrogens is 290 g/mol. The van der Waals surface area contributed by atoms with Gasteiger partial charge in [-0.05, 0) is 44.4 Å². The molecule has 0 unspecified atom stereocenters. The van der Waals surface area contributed by atoms with Crippen LogP contribution in [-0.2, 0) is 6.54 Å². The van der Waals surface area contributed by atoms with E-state index in [2.05, 4.69) is 39.7 Å². The van der Waals surface area contributed by atoms with Gasteiger partial charge in [-0.1, -0.05) is 17.3 Å². The van der Waals surface area contributed by atoms with E-state index < -0.39 is 0 Å². The molecule has 3 rings (SSSR count). The molecule has 0 aliphatic heterocycles. The predicted molar refractivity (Wildman–Crippen MR) is 89.6 cm³/mol. The molecule has 2 aromatic heterocycles. The van der Waals surface area contributed by atoms with E-state index in [0.29, 0.717) is 18.8 Å².